The van der Waals surface area contributed by atoms with Crippen molar-refractivity contribution in [2.75, 3.05) is 6.54 Å². The average Bonchev–Trinajstić information content (AvgIpc) is 2.33. The number of nitriles is 1. The van der Waals surface area contributed by atoms with E-state index in [1.165, 1.54) is 12.8 Å². The molecule has 0 bridgehead atoms. The summed E-state index contributed by atoms with van der Waals surface area (Å²) in [5.74, 6) is 0.00602. The molecule has 0 radical (unpaired) electrons. The highest BCUT2D eigenvalue weighted by Crippen LogP contribution is 2.24. The fourth-order valence-corrected chi connectivity index (χ4v) is 2.22. The van der Waals surface area contributed by atoms with Crippen LogP contribution in [0.15, 0.2) is 30.3 Å². The van der Waals surface area contributed by atoms with Gasteiger partial charge in [-0.2, -0.15) is 5.26 Å². The van der Waals surface area contributed by atoms with E-state index >= 15 is 0 Å². The van der Waals surface area contributed by atoms with Gasteiger partial charge in [-0.1, -0.05) is 36.8 Å². The van der Waals surface area contributed by atoms with E-state index in [0.29, 0.717) is 6.04 Å². The molecule has 1 aromatic carbocycles. The number of hydrogen-bond donors (Lipinski definition) is 1. The number of benzene rings is 1. The van der Waals surface area contributed by atoms with Crippen LogP contribution in [0.25, 0.3) is 0 Å². The molecule has 2 nitrogen and oxygen atoms in total. The molecule has 1 heterocycles. The fourth-order valence-electron chi connectivity index (χ4n) is 2.22. The normalized spacial score (nSPS) is 23.0. The third-order valence-electron chi connectivity index (χ3n) is 3.05. The average molecular weight is 200 g/mol. The van der Waals surface area contributed by atoms with Crippen molar-refractivity contribution in [1.29, 1.82) is 5.26 Å². The lowest BCUT2D eigenvalue weighted by molar-refractivity contribution is 0.380. The summed E-state index contributed by atoms with van der Waals surface area (Å²) in [5.41, 5.74) is 1.14. The van der Waals surface area contributed by atoms with Crippen LogP contribution in [0.4, 0.5) is 0 Å². The molecule has 2 heteroatoms. The van der Waals surface area contributed by atoms with E-state index in [2.05, 4.69) is 11.4 Å². The highest BCUT2D eigenvalue weighted by molar-refractivity contribution is 5.27. The van der Waals surface area contributed by atoms with Crippen LogP contribution >= 0.6 is 0 Å². The van der Waals surface area contributed by atoms with Gasteiger partial charge in [-0.3, -0.25) is 0 Å². The van der Waals surface area contributed by atoms with Gasteiger partial charge >= 0.3 is 0 Å². The number of nitrogens with zero attached hydrogens (tertiary/aromatic N) is 1. The smallest absolute Gasteiger partial charge is 0.0865 e. The van der Waals surface area contributed by atoms with Crippen molar-refractivity contribution in [2.45, 2.75) is 31.2 Å². The van der Waals surface area contributed by atoms with Crippen molar-refractivity contribution in [3.8, 4) is 6.07 Å². The summed E-state index contributed by atoms with van der Waals surface area (Å²) in [4.78, 5) is 0. The molecule has 78 valence electrons. The molecular formula is C13H16N2. The standard InChI is InChI=1S/C13H16N2/c14-10-12(11-6-2-1-3-7-11)13-8-4-5-9-15-13/h1-3,6-7,12-13,15H,4-5,8-9H2/t12-,13+/m1/s1. The van der Waals surface area contributed by atoms with Crippen LogP contribution in [0, 0.1) is 11.3 Å². The van der Waals surface area contributed by atoms with E-state index in [1.807, 2.05) is 30.3 Å². The number of nitrogens with one attached hydrogen (secondary N) is 1. The van der Waals surface area contributed by atoms with Gasteiger partial charge in [-0.05, 0) is 24.9 Å². The molecule has 15 heavy (non-hydrogen) atoms. The van der Waals surface area contributed by atoms with E-state index in [-0.39, 0.29) is 5.92 Å². The minimum atomic E-state index is 0.00602. The molecule has 2 atom stereocenters. The zero-order valence-corrected chi connectivity index (χ0v) is 8.82. The fraction of sp³-hybridized carbons (Fsp3) is 0.462. The van der Waals surface area contributed by atoms with Gasteiger partial charge in [0.15, 0.2) is 0 Å². The Bertz CT molecular complexity index is 333. The molecular weight excluding hydrogens is 184 g/mol. The van der Waals surface area contributed by atoms with Crippen molar-refractivity contribution in [3.63, 3.8) is 0 Å². The molecule has 0 aromatic heterocycles. The van der Waals surface area contributed by atoms with Crippen molar-refractivity contribution in [3.05, 3.63) is 35.9 Å². The van der Waals surface area contributed by atoms with Gasteiger partial charge in [0.1, 0.15) is 0 Å². The van der Waals surface area contributed by atoms with Gasteiger partial charge in [0, 0.05) is 6.04 Å². The second-order valence-electron chi connectivity index (χ2n) is 4.07. The van der Waals surface area contributed by atoms with Crippen LogP contribution < -0.4 is 5.32 Å². The van der Waals surface area contributed by atoms with Crippen LogP contribution in [-0.2, 0) is 0 Å². The third kappa shape index (κ3) is 2.37. The summed E-state index contributed by atoms with van der Waals surface area (Å²) >= 11 is 0. The SMILES string of the molecule is N#C[C@H](c1ccccc1)[C@@H]1CCCCN1. The first-order valence-corrected chi connectivity index (χ1v) is 5.60. The molecule has 0 unspecified atom stereocenters. The van der Waals surface area contributed by atoms with Gasteiger partial charge in [0.25, 0.3) is 0 Å². The Hall–Kier alpha value is -1.33. The Labute approximate surface area is 90.9 Å². The lowest BCUT2D eigenvalue weighted by Gasteiger charge is -2.27. The lowest BCUT2D eigenvalue weighted by atomic mass is 9.88. The monoisotopic (exact) mass is 200 g/mol. The van der Waals surface area contributed by atoms with Crippen molar-refractivity contribution >= 4 is 0 Å². The summed E-state index contributed by atoms with van der Waals surface area (Å²) < 4.78 is 0. The van der Waals surface area contributed by atoms with Crippen LogP contribution in [-0.4, -0.2) is 12.6 Å². The quantitative estimate of drug-likeness (QED) is 0.796. The molecule has 0 spiro atoms. The highest BCUT2D eigenvalue weighted by atomic mass is 14.9. The molecule has 0 aliphatic carbocycles. The second kappa shape index (κ2) is 4.95. The molecule has 1 aliphatic rings. The second-order valence-corrected chi connectivity index (χ2v) is 4.07. The van der Waals surface area contributed by atoms with Gasteiger partial charge in [-0.15, -0.1) is 0 Å². The summed E-state index contributed by atoms with van der Waals surface area (Å²) in [6.07, 6.45) is 3.60. The van der Waals surface area contributed by atoms with E-state index < -0.39 is 0 Å². The van der Waals surface area contributed by atoms with E-state index in [1.54, 1.807) is 0 Å². The maximum atomic E-state index is 9.24. The zero-order chi connectivity index (χ0) is 10.5. The van der Waals surface area contributed by atoms with Gasteiger partial charge < -0.3 is 5.32 Å². The summed E-state index contributed by atoms with van der Waals surface area (Å²) in [7, 11) is 0. The lowest BCUT2D eigenvalue weighted by Crippen LogP contribution is -2.38. The van der Waals surface area contributed by atoms with Crippen LogP contribution in [0.1, 0.15) is 30.7 Å². The minimum Gasteiger partial charge on any atom is -0.312 e. The van der Waals surface area contributed by atoms with Gasteiger partial charge in [-0.25, -0.2) is 0 Å². The predicted octanol–water partition coefficient (Wildman–Crippen LogP) is 2.44. The number of hydrogen-bond acceptors (Lipinski definition) is 2. The topological polar surface area (TPSA) is 35.8 Å². The molecule has 1 aromatic rings. The highest BCUT2D eigenvalue weighted by Gasteiger charge is 2.23. The van der Waals surface area contributed by atoms with Crippen LogP contribution in [0.5, 0.6) is 0 Å². The molecule has 1 aliphatic heterocycles. The van der Waals surface area contributed by atoms with Crippen molar-refractivity contribution in [1.82, 2.24) is 5.32 Å². The molecule has 1 saturated heterocycles. The summed E-state index contributed by atoms with van der Waals surface area (Å²) in [5, 5.41) is 12.7. The number of piperidine rings is 1. The largest absolute Gasteiger partial charge is 0.312 e. The Kier molecular flexibility index (Phi) is 3.37. The van der Waals surface area contributed by atoms with Crippen molar-refractivity contribution < 1.29 is 0 Å². The van der Waals surface area contributed by atoms with E-state index in [9.17, 15) is 5.26 Å². The Balaban J connectivity index is 2.14. The number of rotatable bonds is 2. The van der Waals surface area contributed by atoms with E-state index in [0.717, 1.165) is 18.5 Å². The Morgan fingerprint density at radius 2 is 2.07 bits per heavy atom. The third-order valence-corrected chi connectivity index (χ3v) is 3.05. The van der Waals surface area contributed by atoms with Gasteiger partial charge in [0.2, 0.25) is 0 Å². The minimum absolute atomic E-state index is 0.00602. The molecule has 0 saturated carbocycles. The first-order valence-electron chi connectivity index (χ1n) is 5.60. The first kappa shape index (κ1) is 10.2. The molecule has 2 rings (SSSR count). The summed E-state index contributed by atoms with van der Waals surface area (Å²) in [6, 6.07) is 12.9. The molecule has 0 amide bonds. The first-order chi connectivity index (χ1) is 7.42. The van der Waals surface area contributed by atoms with E-state index in [4.69, 9.17) is 0 Å². The molecule has 1 fully saturated rings. The maximum absolute atomic E-state index is 9.24. The van der Waals surface area contributed by atoms with Crippen molar-refractivity contribution in [2.24, 2.45) is 0 Å². The predicted molar refractivity (Wildman–Crippen MR) is 60.4 cm³/mol. The molecule has 1 N–H and O–H groups in total. The van der Waals surface area contributed by atoms with Crippen LogP contribution in [0.2, 0.25) is 0 Å². The Morgan fingerprint density at radius 1 is 1.27 bits per heavy atom. The van der Waals surface area contributed by atoms with Gasteiger partial charge in [0.05, 0.1) is 12.0 Å². The van der Waals surface area contributed by atoms with Crippen LogP contribution in [0.3, 0.4) is 0 Å². The zero-order valence-electron chi connectivity index (χ0n) is 8.82. The summed E-state index contributed by atoms with van der Waals surface area (Å²) in [6.45, 7) is 1.05. The Morgan fingerprint density at radius 3 is 2.67 bits per heavy atom. The maximum Gasteiger partial charge on any atom is 0.0865 e.